The summed E-state index contributed by atoms with van der Waals surface area (Å²) >= 11 is 0. The van der Waals surface area contributed by atoms with Crippen molar-refractivity contribution in [3.8, 4) is 0 Å². The molecule has 1 aromatic heterocycles. The molecule has 1 aromatic carbocycles. The number of hydrogen-bond acceptors (Lipinski definition) is 4. The van der Waals surface area contributed by atoms with Gasteiger partial charge in [-0.1, -0.05) is 18.7 Å². The number of benzene rings is 1. The quantitative estimate of drug-likeness (QED) is 0.657. The number of hydrogen-bond donors (Lipinski definition) is 1. The predicted molar refractivity (Wildman–Crippen MR) is 125 cm³/mol. The number of nitrogens with one attached hydrogen (secondary N) is 1. The number of aliphatic imine (C=N–C) groups is 1. The van der Waals surface area contributed by atoms with E-state index in [2.05, 4.69) is 39.7 Å². The van der Waals surface area contributed by atoms with Gasteiger partial charge in [0.05, 0.1) is 22.3 Å². The molecule has 0 atom stereocenters. The fourth-order valence-electron chi connectivity index (χ4n) is 4.29. The SMILES string of the molecule is C=C(N=C/C(=C\C)c1ccc2nc3n(c2c1)CCC3)C1(NC(=O)OC(C)(C)C)CCC1. The van der Waals surface area contributed by atoms with Crippen molar-refractivity contribution in [2.24, 2.45) is 4.99 Å². The maximum Gasteiger partial charge on any atom is 0.408 e. The molecule has 1 fully saturated rings. The second-order valence-electron chi connectivity index (χ2n) is 9.50. The number of nitrogens with zero attached hydrogens (tertiary/aromatic N) is 3. The zero-order valence-electron chi connectivity index (χ0n) is 19.0. The maximum absolute atomic E-state index is 12.3. The minimum absolute atomic E-state index is 0.421. The van der Waals surface area contributed by atoms with Crippen molar-refractivity contribution in [1.82, 2.24) is 14.9 Å². The van der Waals surface area contributed by atoms with Crippen LogP contribution in [0.2, 0.25) is 0 Å². The van der Waals surface area contributed by atoms with E-state index in [0.717, 1.165) is 55.3 Å². The van der Waals surface area contributed by atoms with Gasteiger partial charge in [-0.2, -0.15) is 0 Å². The number of alkyl carbamates (subject to hydrolysis) is 1. The molecule has 6 heteroatoms. The van der Waals surface area contributed by atoms with Gasteiger partial charge in [-0.05, 0) is 76.6 Å². The van der Waals surface area contributed by atoms with E-state index < -0.39 is 17.2 Å². The summed E-state index contributed by atoms with van der Waals surface area (Å²) in [5, 5.41) is 3.01. The van der Waals surface area contributed by atoms with E-state index in [4.69, 9.17) is 9.72 Å². The van der Waals surface area contributed by atoms with Crippen LogP contribution in [0.1, 0.15) is 64.8 Å². The van der Waals surface area contributed by atoms with Gasteiger partial charge in [-0.25, -0.2) is 9.78 Å². The summed E-state index contributed by atoms with van der Waals surface area (Å²) in [7, 11) is 0. The van der Waals surface area contributed by atoms with E-state index in [1.165, 1.54) is 11.3 Å². The lowest BCUT2D eigenvalue weighted by molar-refractivity contribution is 0.0421. The molecule has 1 aliphatic heterocycles. The Bertz CT molecular complexity index is 1080. The summed E-state index contributed by atoms with van der Waals surface area (Å²) in [6.07, 6.45) is 8.36. The van der Waals surface area contributed by atoms with E-state index >= 15 is 0 Å². The number of aromatic nitrogens is 2. The molecule has 2 aliphatic rings. The summed E-state index contributed by atoms with van der Waals surface area (Å²) < 4.78 is 7.76. The number of carbonyl (C=O) groups excluding carboxylic acids is 1. The van der Waals surface area contributed by atoms with Crippen LogP contribution >= 0.6 is 0 Å². The highest BCUT2D eigenvalue weighted by atomic mass is 16.6. The average molecular weight is 421 g/mol. The predicted octanol–water partition coefficient (Wildman–Crippen LogP) is 5.42. The summed E-state index contributed by atoms with van der Waals surface area (Å²) in [5.74, 6) is 1.18. The number of rotatable bonds is 5. The number of allylic oxidation sites excluding steroid dienone is 2. The molecule has 2 aromatic rings. The van der Waals surface area contributed by atoms with E-state index in [1.807, 2.05) is 40.0 Å². The minimum atomic E-state index is -0.537. The van der Waals surface area contributed by atoms with Crippen LogP contribution in [-0.4, -0.2) is 33.0 Å². The minimum Gasteiger partial charge on any atom is -0.444 e. The lowest BCUT2D eigenvalue weighted by Gasteiger charge is -2.42. The molecule has 0 saturated heterocycles. The van der Waals surface area contributed by atoms with Crippen molar-refractivity contribution in [3.63, 3.8) is 0 Å². The number of amides is 1. The molecule has 0 unspecified atom stereocenters. The topological polar surface area (TPSA) is 68.5 Å². The first-order valence-corrected chi connectivity index (χ1v) is 11.1. The highest BCUT2D eigenvalue weighted by Gasteiger charge is 2.42. The Morgan fingerprint density at radius 3 is 2.74 bits per heavy atom. The second-order valence-corrected chi connectivity index (χ2v) is 9.50. The van der Waals surface area contributed by atoms with Gasteiger partial charge in [0.2, 0.25) is 0 Å². The third kappa shape index (κ3) is 4.29. The van der Waals surface area contributed by atoms with Gasteiger partial charge in [-0.15, -0.1) is 0 Å². The molecule has 0 radical (unpaired) electrons. The number of ether oxygens (including phenoxy) is 1. The van der Waals surface area contributed by atoms with Crippen LogP contribution in [-0.2, 0) is 17.7 Å². The van der Waals surface area contributed by atoms with E-state index in [1.54, 1.807) is 0 Å². The largest absolute Gasteiger partial charge is 0.444 e. The van der Waals surface area contributed by atoms with Crippen LogP contribution in [0, 0.1) is 0 Å². The maximum atomic E-state index is 12.3. The average Bonchev–Trinajstić information content (AvgIpc) is 3.25. The molecule has 1 saturated carbocycles. The zero-order chi connectivity index (χ0) is 22.2. The van der Waals surface area contributed by atoms with Crippen molar-refractivity contribution in [2.75, 3.05) is 0 Å². The summed E-state index contributed by atoms with van der Waals surface area (Å²) in [6, 6.07) is 6.37. The Balaban J connectivity index is 1.51. The number of aryl methyl sites for hydroxylation is 2. The molecule has 0 bridgehead atoms. The van der Waals surface area contributed by atoms with Crippen LogP contribution in [0.15, 0.2) is 41.5 Å². The Morgan fingerprint density at radius 2 is 2.10 bits per heavy atom. The van der Waals surface area contributed by atoms with Crippen LogP contribution in [0.5, 0.6) is 0 Å². The van der Waals surface area contributed by atoms with Crippen molar-refractivity contribution in [2.45, 2.75) is 77.5 Å². The number of fused-ring (bicyclic) bond motifs is 3. The van der Waals surface area contributed by atoms with Crippen LogP contribution in [0.3, 0.4) is 0 Å². The van der Waals surface area contributed by atoms with Gasteiger partial charge in [0.25, 0.3) is 0 Å². The molecule has 4 rings (SSSR count). The first-order valence-electron chi connectivity index (χ1n) is 11.1. The molecule has 6 nitrogen and oxygen atoms in total. The first kappa shape index (κ1) is 21.3. The third-order valence-corrected chi connectivity index (χ3v) is 6.11. The monoisotopic (exact) mass is 420 g/mol. The van der Waals surface area contributed by atoms with E-state index in [0.29, 0.717) is 5.70 Å². The number of carbonyl (C=O) groups is 1. The normalized spacial score (nSPS) is 18.1. The van der Waals surface area contributed by atoms with Crippen molar-refractivity contribution in [1.29, 1.82) is 0 Å². The van der Waals surface area contributed by atoms with Crippen molar-refractivity contribution < 1.29 is 9.53 Å². The highest BCUT2D eigenvalue weighted by Crippen LogP contribution is 2.38. The van der Waals surface area contributed by atoms with Crippen LogP contribution in [0.25, 0.3) is 16.6 Å². The Hall–Kier alpha value is -2.89. The third-order valence-electron chi connectivity index (χ3n) is 6.11. The Morgan fingerprint density at radius 1 is 1.32 bits per heavy atom. The Labute approximate surface area is 184 Å². The fourth-order valence-corrected chi connectivity index (χ4v) is 4.29. The molecule has 1 N–H and O–H groups in total. The van der Waals surface area contributed by atoms with E-state index in [-0.39, 0.29) is 0 Å². The Kier molecular flexibility index (Phi) is 5.50. The van der Waals surface area contributed by atoms with Crippen LogP contribution in [0.4, 0.5) is 4.79 Å². The summed E-state index contributed by atoms with van der Waals surface area (Å²) in [5.41, 5.74) is 3.95. The number of imidazole rings is 1. The smallest absolute Gasteiger partial charge is 0.408 e. The van der Waals surface area contributed by atoms with Gasteiger partial charge in [0.15, 0.2) is 0 Å². The lowest BCUT2D eigenvalue weighted by atomic mass is 9.75. The zero-order valence-corrected chi connectivity index (χ0v) is 19.0. The fraction of sp³-hybridized carbons (Fsp3) is 0.480. The van der Waals surface area contributed by atoms with E-state index in [9.17, 15) is 4.79 Å². The van der Waals surface area contributed by atoms with Gasteiger partial charge in [0.1, 0.15) is 11.4 Å². The van der Waals surface area contributed by atoms with Gasteiger partial charge in [-0.3, -0.25) is 4.99 Å². The molecule has 0 spiro atoms. The standard InChI is InChI=1S/C25H32N4O2/c1-6-18(19-10-11-20-21(15-19)29-14-7-9-22(29)27-20)16-26-17(2)25(12-8-13-25)28-23(30)31-24(3,4)5/h6,10-11,15-16H,2,7-9,12-14H2,1,3-5H3,(H,28,30)/b18-6+,26-16?. The summed E-state index contributed by atoms with van der Waals surface area (Å²) in [4.78, 5) is 21.7. The summed E-state index contributed by atoms with van der Waals surface area (Å²) in [6.45, 7) is 12.8. The second kappa shape index (κ2) is 7.98. The van der Waals surface area contributed by atoms with Gasteiger partial charge in [0, 0.05) is 19.2 Å². The molecule has 2 heterocycles. The molecular formula is C25H32N4O2. The van der Waals surface area contributed by atoms with Gasteiger partial charge < -0.3 is 14.6 Å². The van der Waals surface area contributed by atoms with Crippen molar-refractivity contribution in [3.05, 3.63) is 47.9 Å². The lowest BCUT2D eigenvalue weighted by Crippen LogP contribution is -2.55. The molecular weight excluding hydrogens is 388 g/mol. The van der Waals surface area contributed by atoms with Crippen molar-refractivity contribution >= 4 is 28.9 Å². The van der Waals surface area contributed by atoms with Crippen LogP contribution < -0.4 is 5.32 Å². The molecule has 164 valence electrons. The van der Waals surface area contributed by atoms with Gasteiger partial charge >= 0.3 is 6.09 Å². The molecule has 1 aliphatic carbocycles. The highest BCUT2D eigenvalue weighted by molar-refractivity contribution is 6.10. The first-order chi connectivity index (χ1) is 14.7. The molecule has 1 amide bonds. The molecule has 31 heavy (non-hydrogen) atoms.